The molecule has 150 valence electrons. The van der Waals surface area contributed by atoms with Gasteiger partial charge in [-0.25, -0.2) is 17.9 Å². The molecule has 0 radical (unpaired) electrons. The predicted molar refractivity (Wildman–Crippen MR) is 99.4 cm³/mol. The van der Waals surface area contributed by atoms with Crippen LogP contribution in [-0.2, 0) is 14.8 Å². The number of methoxy groups -OCH3 is 1. The number of hydrogen-bond donors (Lipinski definition) is 3. The lowest BCUT2D eigenvalue weighted by atomic mass is 9.81. The van der Waals surface area contributed by atoms with Crippen LogP contribution in [0.3, 0.4) is 0 Å². The van der Waals surface area contributed by atoms with Crippen molar-refractivity contribution in [1.29, 1.82) is 0 Å². The van der Waals surface area contributed by atoms with Crippen molar-refractivity contribution < 1.29 is 27.9 Å². The number of carbonyl (C=O) groups excluding carboxylic acids is 1. The summed E-state index contributed by atoms with van der Waals surface area (Å²) < 4.78 is 32.6. The first-order valence-corrected chi connectivity index (χ1v) is 10.4. The lowest BCUT2D eigenvalue weighted by Gasteiger charge is -2.34. The van der Waals surface area contributed by atoms with E-state index in [4.69, 9.17) is 4.74 Å². The van der Waals surface area contributed by atoms with Gasteiger partial charge in [0.25, 0.3) is 5.91 Å². The molecule has 0 saturated heterocycles. The second kappa shape index (κ2) is 8.26. The average Bonchev–Trinajstić information content (AvgIpc) is 2.60. The molecule has 1 aliphatic rings. The Hall–Kier alpha value is -2.13. The number of amides is 1. The molecule has 0 heterocycles. The first-order valence-electron chi connectivity index (χ1n) is 8.87. The molecule has 0 aliphatic heterocycles. The highest BCUT2D eigenvalue weighted by molar-refractivity contribution is 7.89. The second-order valence-corrected chi connectivity index (χ2v) is 8.73. The summed E-state index contributed by atoms with van der Waals surface area (Å²) in [6.45, 7) is 3.36. The van der Waals surface area contributed by atoms with Crippen LogP contribution in [0, 0.1) is 0 Å². The highest BCUT2D eigenvalue weighted by Crippen LogP contribution is 2.30. The third kappa shape index (κ3) is 4.78. The van der Waals surface area contributed by atoms with Gasteiger partial charge in [0.2, 0.25) is 10.0 Å². The van der Waals surface area contributed by atoms with Gasteiger partial charge in [-0.15, -0.1) is 0 Å². The highest BCUT2D eigenvalue weighted by Gasteiger charge is 2.41. The fraction of sp³-hybridized carbons (Fsp3) is 0.556. The molecule has 0 bridgehead atoms. The third-order valence-electron chi connectivity index (χ3n) is 4.58. The number of hydrogen-bond acceptors (Lipinski definition) is 5. The lowest BCUT2D eigenvalue weighted by molar-refractivity contribution is -0.145. The number of carboxylic acids is 1. The van der Waals surface area contributed by atoms with Crippen molar-refractivity contribution in [3.63, 3.8) is 0 Å². The Balaban J connectivity index is 2.37. The van der Waals surface area contributed by atoms with Gasteiger partial charge in [-0.05, 0) is 44.9 Å². The molecule has 2 rings (SSSR count). The normalized spacial score (nSPS) is 16.7. The summed E-state index contributed by atoms with van der Waals surface area (Å²) in [4.78, 5) is 24.3. The maximum atomic E-state index is 12.7. The van der Waals surface area contributed by atoms with Gasteiger partial charge in [0, 0.05) is 11.6 Å². The van der Waals surface area contributed by atoms with E-state index in [1.165, 1.54) is 25.3 Å². The van der Waals surface area contributed by atoms with Crippen molar-refractivity contribution in [3.8, 4) is 5.75 Å². The van der Waals surface area contributed by atoms with Crippen LogP contribution in [0.1, 0.15) is 56.3 Å². The first-order chi connectivity index (χ1) is 12.6. The van der Waals surface area contributed by atoms with E-state index >= 15 is 0 Å². The molecular weight excluding hydrogens is 372 g/mol. The SMILES string of the molecule is COc1ccc(C(=O)NC2(C(=O)O)CCCCC2)cc1S(=O)(=O)NC(C)C. The van der Waals surface area contributed by atoms with Crippen molar-refractivity contribution in [2.75, 3.05) is 7.11 Å². The Morgan fingerprint density at radius 1 is 1.19 bits per heavy atom. The van der Waals surface area contributed by atoms with Gasteiger partial charge < -0.3 is 15.2 Å². The van der Waals surface area contributed by atoms with E-state index in [9.17, 15) is 23.1 Å². The van der Waals surface area contributed by atoms with Crippen LogP contribution in [0.15, 0.2) is 23.1 Å². The van der Waals surface area contributed by atoms with Crippen LogP contribution in [0.5, 0.6) is 5.75 Å². The summed E-state index contributed by atoms with van der Waals surface area (Å²) in [6, 6.07) is 3.67. The van der Waals surface area contributed by atoms with E-state index in [1.54, 1.807) is 13.8 Å². The minimum Gasteiger partial charge on any atom is -0.495 e. The molecule has 27 heavy (non-hydrogen) atoms. The summed E-state index contributed by atoms with van der Waals surface area (Å²) in [5.74, 6) is -1.59. The smallest absolute Gasteiger partial charge is 0.329 e. The molecule has 3 N–H and O–H groups in total. The van der Waals surface area contributed by atoms with Gasteiger partial charge in [0.1, 0.15) is 16.2 Å². The summed E-state index contributed by atoms with van der Waals surface area (Å²) in [6.07, 6.45) is 3.06. The topological polar surface area (TPSA) is 122 Å². The largest absolute Gasteiger partial charge is 0.495 e. The van der Waals surface area contributed by atoms with E-state index < -0.39 is 27.4 Å². The molecule has 1 aromatic carbocycles. The Morgan fingerprint density at radius 3 is 2.33 bits per heavy atom. The molecule has 1 amide bonds. The third-order valence-corrected chi connectivity index (χ3v) is 6.26. The van der Waals surface area contributed by atoms with E-state index in [0.717, 1.165) is 6.42 Å². The molecule has 1 fully saturated rings. The molecule has 1 aliphatic carbocycles. The van der Waals surface area contributed by atoms with Gasteiger partial charge in [0.05, 0.1) is 7.11 Å². The molecule has 8 nitrogen and oxygen atoms in total. The molecule has 0 aromatic heterocycles. The molecule has 0 spiro atoms. The van der Waals surface area contributed by atoms with Gasteiger partial charge >= 0.3 is 5.97 Å². The summed E-state index contributed by atoms with van der Waals surface area (Å²) >= 11 is 0. The average molecular weight is 398 g/mol. The molecule has 9 heteroatoms. The Kier molecular flexibility index (Phi) is 6.48. The Labute approximate surface area is 159 Å². The standard InChI is InChI=1S/C18H26N2O6S/c1-12(2)20-27(24,25)15-11-13(7-8-14(15)26-3)16(21)19-18(17(22)23)9-5-4-6-10-18/h7-8,11-12,20H,4-6,9-10H2,1-3H3,(H,19,21)(H,22,23). The summed E-state index contributed by atoms with van der Waals surface area (Å²) in [5.41, 5.74) is -1.25. The van der Waals surface area contributed by atoms with Crippen molar-refractivity contribution in [3.05, 3.63) is 23.8 Å². The van der Waals surface area contributed by atoms with Crippen molar-refractivity contribution >= 4 is 21.9 Å². The fourth-order valence-electron chi connectivity index (χ4n) is 3.24. The zero-order valence-electron chi connectivity index (χ0n) is 15.7. The molecule has 1 saturated carbocycles. The maximum Gasteiger partial charge on any atom is 0.329 e. The van der Waals surface area contributed by atoms with Gasteiger partial charge in [-0.1, -0.05) is 19.3 Å². The number of aliphatic carboxylic acids is 1. The Morgan fingerprint density at radius 2 is 1.81 bits per heavy atom. The number of rotatable bonds is 7. The highest BCUT2D eigenvalue weighted by atomic mass is 32.2. The van der Waals surface area contributed by atoms with Crippen molar-refractivity contribution in [2.45, 2.75) is 62.4 Å². The van der Waals surface area contributed by atoms with Crippen LogP contribution in [-0.4, -0.2) is 44.1 Å². The number of carboxylic acid groups (broad SMARTS) is 1. The second-order valence-electron chi connectivity index (χ2n) is 7.04. The molecule has 0 unspecified atom stereocenters. The number of carbonyl (C=O) groups is 2. The van der Waals surface area contributed by atoms with Gasteiger partial charge in [-0.3, -0.25) is 4.79 Å². The number of ether oxygens (including phenoxy) is 1. The van der Waals surface area contributed by atoms with Crippen LogP contribution in [0.2, 0.25) is 0 Å². The summed E-state index contributed by atoms with van der Waals surface area (Å²) in [5, 5.41) is 12.2. The predicted octanol–water partition coefficient (Wildman–Crippen LogP) is 1.90. The lowest BCUT2D eigenvalue weighted by Crippen LogP contribution is -2.55. The minimum atomic E-state index is -3.89. The van der Waals surface area contributed by atoms with Crippen LogP contribution in [0.4, 0.5) is 0 Å². The first kappa shape index (κ1) is 21.2. The van der Waals surface area contributed by atoms with Crippen LogP contribution < -0.4 is 14.8 Å². The Bertz CT molecular complexity index is 813. The van der Waals surface area contributed by atoms with Crippen molar-refractivity contribution in [1.82, 2.24) is 10.0 Å². The van der Waals surface area contributed by atoms with E-state index in [-0.39, 0.29) is 22.3 Å². The summed E-state index contributed by atoms with van der Waals surface area (Å²) in [7, 11) is -2.56. The minimum absolute atomic E-state index is 0.0612. The van der Waals surface area contributed by atoms with E-state index in [1.807, 2.05) is 0 Å². The van der Waals surface area contributed by atoms with E-state index in [0.29, 0.717) is 25.7 Å². The molecule has 1 aromatic rings. The number of nitrogens with one attached hydrogen (secondary N) is 2. The quantitative estimate of drug-likeness (QED) is 0.645. The molecular formula is C18H26N2O6S. The maximum absolute atomic E-state index is 12.7. The number of sulfonamides is 1. The fourth-order valence-corrected chi connectivity index (χ4v) is 4.68. The van der Waals surface area contributed by atoms with E-state index in [2.05, 4.69) is 10.0 Å². The van der Waals surface area contributed by atoms with Crippen LogP contribution in [0.25, 0.3) is 0 Å². The molecule has 0 atom stereocenters. The van der Waals surface area contributed by atoms with Gasteiger partial charge in [-0.2, -0.15) is 0 Å². The monoisotopic (exact) mass is 398 g/mol. The van der Waals surface area contributed by atoms with Gasteiger partial charge in [0.15, 0.2) is 0 Å². The van der Waals surface area contributed by atoms with Crippen LogP contribution >= 0.6 is 0 Å². The number of benzene rings is 1. The zero-order valence-corrected chi connectivity index (χ0v) is 16.6. The zero-order chi connectivity index (χ0) is 20.2. The van der Waals surface area contributed by atoms with Crippen molar-refractivity contribution in [2.24, 2.45) is 0 Å².